The standard InChI is InChI=1S/C18H17FN2O2/c1-22-16-9-5-3-6-13(16)10-11-17-20-21-18(23-17)12-14-7-2-4-8-15(14)19/h2-9H,10-12H2,1H3. The number of halogens is 1. The van der Waals surface area contributed by atoms with Crippen molar-refractivity contribution in [2.45, 2.75) is 19.3 Å². The summed E-state index contributed by atoms with van der Waals surface area (Å²) in [6.07, 6.45) is 1.66. The minimum Gasteiger partial charge on any atom is -0.496 e. The van der Waals surface area contributed by atoms with Crippen molar-refractivity contribution >= 4 is 0 Å². The van der Waals surface area contributed by atoms with Crippen LogP contribution in [0.5, 0.6) is 5.75 Å². The van der Waals surface area contributed by atoms with Crippen molar-refractivity contribution in [3.8, 4) is 5.75 Å². The van der Waals surface area contributed by atoms with Gasteiger partial charge in [0.15, 0.2) is 0 Å². The second-order valence-corrected chi connectivity index (χ2v) is 5.17. The first-order chi connectivity index (χ1) is 11.3. The molecule has 0 bridgehead atoms. The Hall–Kier alpha value is -2.69. The molecule has 5 heteroatoms. The molecule has 1 heterocycles. The second kappa shape index (κ2) is 7.05. The van der Waals surface area contributed by atoms with Crippen LogP contribution >= 0.6 is 0 Å². The summed E-state index contributed by atoms with van der Waals surface area (Å²) in [6, 6.07) is 14.4. The molecule has 118 valence electrons. The Balaban J connectivity index is 1.65. The average Bonchev–Trinajstić information content (AvgIpc) is 3.03. The molecule has 1 aromatic heterocycles. The highest BCUT2D eigenvalue weighted by Gasteiger charge is 2.10. The normalized spacial score (nSPS) is 10.7. The second-order valence-electron chi connectivity index (χ2n) is 5.17. The minimum atomic E-state index is -0.263. The van der Waals surface area contributed by atoms with E-state index in [1.54, 1.807) is 25.3 Å². The minimum absolute atomic E-state index is 0.263. The molecule has 23 heavy (non-hydrogen) atoms. The van der Waals surface area contributed by atoms with E-state index < -0.39 is 0 Å². The van der Waals surface area contributed by atoms with Crippen molar-refractivity contribution in [1.29, 1.82) is 0 Å². The number of hydrogen-bond acceptors (Lipinski definition) is 4. The molecule has 3 rings (SSSR count). The van der Waals surface area contributed by atoms with Gasteiger partial charge in [-0.05, 0) is 29.7 Å². The molecule has 0 aliphatic heterocycles. The fourth-order valence-corrected chi connectivity index (χ4v) is 2.42. The summed E-state index contributed by atoms with van der Waals surface area (Å²) in [7, 11) is 1.65. The van der Waals surface area contributed by atoms with Gasteiger partial charge in [-0.2, -0.15) is 0 Å². The van der Waals surface area contributed by atoms with E-state index in [9.17, 15) is 4.39 Å². The Kier molecular flexibility index (Phi) is 4.66. The zero-order chi connectivity index (χ0) is 16.1. The van der Waals surface area contributed by atoms with Crippen molar-refractivity contribution < 1.29 is 13.5 Å². The van der Waals surface area contributed by atoms with E-state index in [0.717, 1.165) is 17.7 Å². The van der Waals surface area contributed by atoms with Gasteiger partial charge in [-0.1, -0.05) is 36.4 Å². The number of nitrogens with zero attached hydrogens (tertiary/aromatic N) is 2. The highest BCUT2D eigenvalue weighted by atomic mass is 19.1. The largest absolute Gasteiger partial charge is 0.496 e. The third-order valence-corrected chi connectivity index (χ3v) is 3.61. The summed E-state index contributed by atoms with van der Waals surface area (Å²) in [4.78, 5) is 0. The first-order valence-electron chi connectivity index (χ1n) is 7.43. The molecular formula is C18H17FN2O2. The maximum Gasteiger partial charge on any atom is 0.221 e. The Bertz CT molecular complexity index is 786. The third kappa shape index (κ3) is 3.74. The Morgan fingerprint density at radius 1 is 0.913 bits per heavy atom. The number of para-hydroxylation sites is 1. The van der Waals surface area contributed by atoms with E-state index in [2.05, 4.69) is 10.2 Å². The van der Waals surface area contributed by atoms with Gasteiger partial charge in [0.2, 0.25) is 11.8 Å². The molecule has 0 amide bonds. The van der Waals surface area contributed by atoms with Crippen LogP contribution in [0.25, 0.3) is 0 Å². The average molecular weight is 312 g/mol. The van der Waals surface area contributed by atoms with Crippen molar-refractivity contribution in [2.24, 2.45) is 0 Å². The van der Waals surface area contributed by atoms with Crippen molar-refractivity contribution in [3.05, 3.63) is 77.3 Å². The highest BCUT2D eigenvalue weighted by Crippen LogP contribution is 2.19. The monoisotopic (exact) mass is 312 g/mol. The predicted molar refractivity (Wildman–Crippen MR) is 83.9 cm³/mol. The topological polar surface area (TPSA) is 48.2 Å². The molecule has 0 saturated heterocycles. The molecule has 0 saturated carbocycles. The van der Waals surface area contributed by atoms with Gasteiger partial charge in [-0.3, -0.25) is 0 Å². The lowest BCUT2D eigenvalue weighted by Gasteiger charge is -2.06. The lowest BCUT2D eigenvalue weighted by Crippen LogP contribution is -1.95. The summed E-state index contributed by atoms with van der Waals surface area (Å²) in [5, 5.41) is 8.03. The van der Waals surface area contributed by atoms with Crippen LogP contribution < -0.4 is 4.74 Å². The van der Waals surface area contributed by atoms with Gasteiger partial charge in [0.05, 0.1) is 13.5 Å². The van der Waals surface area contributed by atoms with Gasteiger partial charge in [0, 0.05) is 6.42 Å². The number of rotatable bonds is 6. The van der Waals surface area contributed by atoms with Gasteiger partial charge < -0.3 is 9.15 Å². The van der Waals surface area contributed by atoms with Crippen LogP contribution in [0, 0.1) is 5.82 Å². The molecule has 0 atom stereocenters. The summed E-state index contributed by atoms with van der Waals surface area (Å²) in [5.74, 6) is 1.55. The van der Waals surface area contributed by atoms with Crippen LogP contribution in [0.3, 0.4) is 0 Å². The van der Waals surface area contributed by atoms with Crippen LogP contribution in [0.1, 0.15) is 22.9 Å². The number of methoxy groups -OCH3 is 1. The summed E-state index contributed by atoms with van der Waals surface area (Å²) < 4.78 is 24.6. The highest BCUT2D eigenvalue weighted by molar-refractivity contribution is 5.33. The first-order valence-corrected chi connectivity index (χ1v) is 7.43. The SMILES string of the molecule is COc1ccccc1CCc1nnc(Cc2ccccc2F)o1. The number of aryl methyl sites for hydroxylation is 2. The van der Waals surface area contributed by atoms with Crippen LogP contribution in [0.4, 0.5) is 4.39 Å². The van der Waals surface area contributed by atoms with Gasteiger partial charge in [-0.15, -0.1) is 10.2 Å². The van der Waals surface area contributed by atoms with Gasteiger partial charge >= 0.3 is 0 Å². The van der Waals surface area contributed by atoms with Crippen LogP contribution in [0.2, 0.25) is 0 Å². The molecule has 0 N–H and O–H groups in total. The fourth-order valence-electron chi connectivity index (χ4n) is 2.42. The summed E-state index contributed by atoms with van der Waals surface area (Å²) in [5.41, 5.74) is 1.64. The van der Waals surface area contributed by atoms with E-state index in [-0.39, 0.29) is 5.82 Å². The van der Waals surface area contributed by atoms with Crippen LogP contribution in [-0.2, 0) is 19.3 Å². The van der Waals surface area contributed by atoms with E-state index in [4.69, 9.17) is 9.15 Å². The zero-order valence-electron chi connectivity index (χ0n) is 12.8. The quantitative estimate of drug-likeness (QED) is 0.698. The van der Waals surface area contributed by atoms with E-state index >= 15 is 0 Å². The Morgan fingerprint density at radius 2 is 1.61 bits per heavy atom. The van der Waals surface area contributed by atoms with Crippen molar-refractivity contribution in [2.75, 3.05) is 7.11 Å². The maximum absolute atomic E-state index is 13.6. The van der Waals surface area contributed by atoms with Crippen LogP contribution in [-0.4, -0.2) is 17.3 Å². The lowest BCUT2D eigenvalue weighted by atomic mass is 10.1. The summed E-state index contributed by atoms with van der Waals surface area (Å²) in [6.45, 7) is 0. The molecule has 2 aromatic carbocycles. The molecular weight excluding hydrogens is 295 g/mol. The smallest absolute Gasteiger partial charge is 0.221 e. The van der Waals surface area contributed by atoms with E-state index in [1.807, 2.05) is 24.3 Å². The molecule has 0 fully saturated rings. The molecule has 0 spiro atoms. The van der Waals surface area contributed by atoms with Gasteiger partial charge in [0.1, 0.15) is 11.6 Å². The Morgan fingerprint density at radius 3 is 2.39 bits per heavy atom. The molecule has 0 aliphatic carbocycles. The third-order valence-electron chi connectivity index (χ3n) is 3.61. The van der Waals surface area contributed by atoms with Gasteiger partial charge in [0.25, 0.3) is 0 Å². The number of ether oxygens (including phenoxy) is 1. The zero-order valence-corrected chi connectivity index (χ0v) is 12.8. The number of benzene rings is 2. The molecule has 0 aliphatic rings. The van der Waals surface area contributed by atoms with E-state index in [1.165, 1.54) is 6.07 Å². The Labute approximate surface area is 133 Å². The van der Waals surface area contributed by atoms with E-state index in [0.29, 0.717) is 30.2 Å². The molecule has 0 radical (unpaired) electrons. The lowest BCUT2D eigenvalue weighted by molar-refractivity contribution is 0.407. The maximum atomic E-state index is 13.6. The van der Waals surface area contributed by atoms with Crippen molar-refractivity contribution in [1.82, 2.24) is 10.2 Å². The first kappa shape index (κ1) is 15.2. The molecule has 0 unspecified atom stereocenters. The fraction of sp³-hybridized carbons (Fsp3) is 0.222. The summed E-state index contributed by atoms with van der Waals surface area (Å²) >= 11 is 0. The molecule has 4 nitrogen and oxygen atoms in total. The molecule has 3 aromatic rings. The number of aromatic nitrogens is 2. The van der Waals surface area contributed by atoms with Gasteiger partial charge in [-0.25, -0.2) is 4.39 Å². The number of hydrogen-bond donors (Lipinski definition) is 0. The van der Waals surface area contributed by atoms with Crippen LogP contribution in [0.15, 0.2) is 52.9 Å². The van der Waals surface area contributed by atoms with Crippen molar-refractivity contribution in [3.63, 3.8) is 0 Å². The predicted octanol–water partition coefficient (Wildman–Crippen LogP) is 3.59.